The number of nitrogens with two attached hydrogens (primary N) is 1. The van der Waals surface area contributed by atoms with E-state index in [9.17, 15) is 21.6 Å². The van der Waals surface area contributed by atoms with Crippen LogP contribution in [0.15, 0.2) is 27.6 Å². The minimum atomic E-state index is -4.76. The second-order valence-electron chi connectivity index (χ2n) is 4.99. The molecule has 2 rings (SSSR count). The van der Waals surface area contributed by atoms with Crippen LogP contribution in [-0.4, -0.2) is 21.0 Å². The Morgan fingerprint density at radius 1 is 1.38 bits per heavy atom. The van der Waals surface area contributed by atoms with Crippen LogP contribution in [0.2, 0.25) is 0 Å². The quantitative estimate of drug-likeness (QED) is 0.816. The van der Waals surface area contributed by atoms with Gasteiger partial charge < -0.3 is 5.73 Å². The molecule has 1 fully saturated rings. The zero-order chi connectivity index (χ0) is 15.8. The number of halogens is 4. The number of rotatable bonds is 5. The summed E-state index contributed by atoms with van der Waals surface area (Å²) in [5.41, 5.74) is 4.55. The summed E-state index contributed by atoms with van der Waals surface area (Å²) >= 11 is 2.91. The average Bonchev–Trinajstić information content (AvgIpc) is 3.19. The largest absolute Gasteiger partial charge is 0.417 e. The summed E-state index contributed by atoms with van der Waals surface area (Å²) in [7, 11) is -4.26. The molecule has 0 bridgehead atoms. The van der Waals surface area contributed by atoms with Crippen LogP contribution in [0.5, 0.6) is 0 Å². The summed E-state index contributed by atoms with van der Waals surface area (Å²) in [6.07, 6.45) is -2.91. The van der Waals surface area contributed by atoms with Crippen LogP contribution >= 0.6 is 15.9 Å². The standard InChI is InChI=1S/C12H14BrF3N2O2S/c13-8-3-4-11(9(5-8)12(14,15)16)21(19,20)18-6-10(17)7-1-2-7/h3-5,7,10,18H,1-2,6,17H2. The van der Waals surface area contributed by atoms with Crippen LogP contribution in [0, 0.1) is 5.92 Å². The molecule has 0 aromatic heterocycles. The first-order chi connectivity index (χ1) is 9.61. The molecule has 118 valence electrons. The third kappa shape index (κ3) is 4.18. The SMILES string of the molecule is NC(CNS(=O)(=O)c1ccc(Br)cc1C(F)(F)F)C1CC1. The van der Waals surface area contributed by atoms with Crippen molar-refractivity contribution in [3.63, 3.8) is 0 Å². The second kappa shape index (κ2) is 5.86. The van der Waals surface area contributed by atoms with Crippen LogP contribution in [0.3, 0.4) is 0 Å². The van der Waals surface area contributed by atoms with Crippen molar-refractivity contribution < 1.29 is 21.6 Å². The van der Waals surface area contributed by atoms with Crippen molar-refractivity contribution in [2.75, 3.05) is 6.54 Å². The van der Waals surface area contributed by atoms with Crippen LogP contribution < -0.4 is 10.5 Å². The molecule has 0 saturated heterocycles. The Morgan fingerprint density at radius 3 is 2.52 bits per heavy atom. The zero-order valence-corrected chi connectivity index (χ0v) is 13.2. The fourth-order valence-electron chi connectivity index (χ4n) is 1.93. The lowest BCUT2D eigenvalue weighted by Crippen LogP contribution is -2.39. The van der Waals surface area contributed by atoms with E-state index in [0.29, 0.717) is 0 Å². The molecule has 1 atom stereocenters. The Morgan fingerprint density at radius 2 is 2.00 bits per heavy atom. The summed E-state index contributed by atoms with van der Waals surface area (Å²) in [5, 5.41) is 0. The lowest BCUT2D eigenvalue weighted by Gasteiger charge is -2.16. The van der Waals surface area contributed by atoms with Crippen LogP contribution in [0.1, 0.15) is 18.4 Å². The molecule has 0 heterocycles. The average molecular weight is 387 g/mol. The predicted molar refractivity (Wildman–Crippen MR) is 75.0 cm³/mol. The first kappa shape index (κ1) is 16.7. The Kier molecular flexibility index (Phi) is 4.67. The van der Waals surface area contributed by atoms with Gasteiger partial charge in [-0.3, -0.25) is 0 Å². The summed E-state index contributed by atoms with van der Waals surface area (Å²) in [6.45, 7) is -0.0691. The maximum absolute atomic E-state index is 13.0. The highest BCUT2D eigenvalue weighted by atomic mass is 79.9. The maximum Gasteiger partial charge on any atom is 0.417 e. The molecule has 0 spiro atoms. The molecule has 0 amide bonds. The van der Waals surface area contributed by atoms with Crippen molar-refractivity contribution in [2.45, 2.75) is 30.0 Å². The van der Waals surface area contributed by atoms with Gasteiger partial charge in [-0.05, 0) is 37.0 Å². The van der Waals surface area contributed by atoms with Gasteiger partial charge in [0, 0.05) is 17.1 Å². The number of nitrogens with one attached hydrogen (secondary N) is 1. The molecule has 0 aliphatic heterocycles. The third-order valence-corrected chi connectivity index (χ3v) is 5.25. The molecule has 1 saturated carbocycles. The molecule has 3 N–H and O–H groups in total. The molecule has 9 heteroatoms. The van der Waals surface area contributed by atoms with Gasteiger partial charge in [-0.25, -0.2) is 13.1 Å². The van der Waals surface area contributed by atoms with E-state index in [0.717, 1.165) is 25.0 Å². The van der Waals surface area contributed by atoms with E-state index in [1.54, 1.807) is 0 Å². The van der Waals surface area contributed by atoms with E-state index in [2.05, 4.69) is 20.7 Å². The van der Waals surface area contributed by atoms with Crippen molar-refractivity contribution in [2.24, 2.45) is 11.7 Å². The van der Waals surface area contributed by atoms with Crippen molar-refractivity contribution in [1.82, 2.24) is 4.72 Å². The van der Waals surface area contributed by atoms with Gasteiger partial charge in [0.15, 0.2) is 0 Å². The summed E-state index contributed by atoms with van der Waals surface area (Å²) in [6, 6.07) is 2.56. The Balaban J connectivity index is 2.26. The predicted octanol–water partition coefficient (Wildman–Crippen LogP) is 2.48. The minimum Gasteiger partial charge on any atom is -0.326 e. The summed E-state index contributed by atoms with van der Waals surface area (Å²) < 4.78 is 65.3. The molecule has 4 nitrogen and oxygen atoms in total. The zero-order valence-electron chi connectivity index (χ0n) is 10.8. The van der Waals surface area contributed by atoms with E-state index in [1.165, 1.54) is 6.07 Å². The molecule has 0 radical (unpaired) electrons. The number of benzene rings is 1. The molecular weight excluding hydrogens is 373 g/mol. The topological polar surface area (TPSA) is 72.2 Å². The van der Waals surface area contributed by atoms with Gasteiger partial charge in [0.05, 0.1) is 10.5 Å². The van der Waals surface area contributed by atoms with E-state index in [-0.39, 0.29) is 23.0 Å². The third-order valence-electron chi connectivity index (χ3n) is 3.27. The molecule has 1 aromatic carbocycles. The normalized spacial score (nSPS) is 17.8. The van der Waals surface area contributed by atoms with Gasteiger partial charge >= 0.3 is 6.18 Å². The van der Waals surface area contributed by atoms with Crippen molar-refractivity contribution in [1.29, 1.82) is 0 Å². The van der Waals surface area contributed by atoms with E-state index < -0.39 is 26.7 Å². The second-order valence-corrected chi connectivity index (χ2v) is 7.64. The van der Waals surface area contributed by atoms with Gasteiger partial charge in [0.25, 0.3) is 0 Å². The first-order valence-electron chi connectivity index (χ1n) is 6.23. The maximum atomic E-state index is 13.0. The Bertz CT molecular complexity index is 630. The highest BCUT2D eigenvalue weighted by molar-refractivity contribution is 9.10. The van der Waals surface area contributed by atoms with Gasteiger partial charge in [0.1, 0.15) is 0 Å². The Labute approximate surface area is 129 Å². The summed E-state index contributed by atoms with van der Waals surface area (Å²) in [5.74, 6) is 0.250. The minimum absolute atomic E-state index is 0.0691. The van der Waals surface area contributed by atoms with Gasteiger partial charge in [-0.2, -0.15) is 13.2 Å². The molecular formula is C12H14BrF3N2O2S. The molecule has 1 aliphatic rings. The number of hydrogen-bond donors (Lipinski definition) is 2. The van der Waals surface area contributed by atoms with Crippen LogP contribution in [0.4, 0.5) is 13.2 Å². The van der Waals surface area contributed by atoms with Gasteiger partial charge in [-0.1, -0.05) is 15.9 Å². The van der Waals surface area contributed by atoms with Gasteiger partial charge in [0.2, 0.25) is 10.0 Å². The first-order valence-corrected chi connectivity index (χ1v) is 8.51. The smallest absolute Gasteiger partial charge is 0.326 e. The molecule has 1 aliphatic carbocycles. The monoisotopic (exact) mass is 386 g/mol. The molecule has 1 aromatic rings. The van der Waals surface area contributed by atoms with E-state index in [1.807, 2.05) is 0 Å². The lowest BCUT2D eigenvalue weighted by molar-refractivity contribution is -0.139. The fourth-order valence-corrected chi connectivity index (χ4v) is 3.57. The summed E-state index contributed by atoms with van der Waals surface area (Å²) in [4.78, 5) is -0.791. The highest BCUT2D eigenvalue weighted by Crippen LogP contribution is 2.36. The van der Waals surface area contributed by atoms with Crippen molar-refractivity contribution >= 4 is 26.0 Å². The number of sulfonamides is 1. The van der Waals surface area contributed by atoms with Crippen LogP contribution in [0.25, 0.3) is 0 Å². The van der Waals surface area contributed by atoms with Crippen LogP contribution in [-0.2, 0) is 16.2 Å². The Hall–Kier alpha value is -0.640. The van der Waals surface area contributed by atoms with Crippen molar-refractivity contribution in [3.8, 4) is 0 Å². The number of hydrogen-bond acceptors (Lipinski definition) is 3. The molecule has 1 unspecified atom stereocenters. The number of alkyl halides is 3. The van der Waals surface area contributed by atoms with E-state index >= 15 is 0 Å². The van der Waals surface area contributed by atoms with Crippen molar-refractivity contribution in [3.05, 3.63) is 28.2 Å². The highest BCUT2D eigenvalue weighted by Gasteiger charge is 2.38. The van der Waals surface area contributed by atoms with Gasteiger partial charge in [-0.15, -0.1) is 0 Å². The lowest BCUT2D eigenvalue weighted by atomic mass is 10.2. The fraction of sp³-hybridized carbons (Fsp3) is 0.500. The molecule has 21 heavy (non-hydrogen) atoms. The van der Waals surface area contributed by atoms with E-state index in [4.69, 9.17) is 5.73 Å².